The minimum Gasteiger partial charge on any atom is -0.497 e. The summed E-state index contributed by atoms with van der Waals surface area (Å²) in [6, 6.07) is 9.65. The van der Waals surface area contributed by atoms with Crippen molar-refractivity contribution in [2.45, 2.75) is 6.92 Å². The van der Waals surface area contributed by atoms with Crippen LogP contribution in [0, 0.1) is 6.92 Å². The molecular weight excluding hydrogens is 220 g/mol. The summed E-state index contributed by atoms with van der Waals surface area (Å²) in [4.78, 5) is 13.4. The van der Waals surface area contributed by atoms with Crippen LogP contribution in [0.5, 0.6) is 5.75 Å². The topological polar surface area (TPSA) is 26.3 Å². The van der Waals surface area contributed by atoms with Gasteiger partial charge in [0.1, 0.15) is 5.75 Å². The first kappa shape index (κ1) is 10.9. The smallest absolute Gasteiger partial charge is 0.150 e. The number of rotatable bonds is 3. The van der Waals surface area contributed by atoms with Gasteiger partial charge in [-0.25, -0.2) is 0 Å². The Morgan fingerprint density at radius 1 is 1.25 bits per heavy atom. The van der Waals surface area contributed by atoms with Crippen molar-refractivity contribution in [3.05, 3.63) is 40.8 Å². The van der Waals surface area contributed by atoms with E-state index in [1.807, 2.05) is 18.2 Å². The van der Waals surface area contributed by atoms with Crippen LogP contribution in [-0.4, -0.2) is 13.4 Å². The number of hydrogen-bond donors (Lipinski definition) is 0. The van der Waals surface area contributed by atoms with Gasteiger partial charge in [-0.2, -0.15) is 0 Å². The SMILES string of the molecule is COc1ccc(-c2ccc(C)s2)c(C=O)c1. The van der Waals surface area contributed by atoms with Gasteiger partial charge in [0.2, 0.25) is 0 Å². The van der Waals surface area contributed by atoms with Gasteiger partial charge in [-0.15, -0.1) is 11.3 Å². The Balaban J connectivity index is 2.52. The van der Waals surface area contributed by atoms with E-state index in [2.05, 4.69) is 13.0 Å². The largest absolute Gasteiger partial charge is 0.497 e. The lowest BCUT2D eigenvalue weighted by Gasteiger charge is -2.05. The summed E-state index contributed by atoms with van der Waals surface area (Å²) >= 11 is 1.68. The standard InChI is InChI=1S/C13H12O2S/c1-9-3-6-13(16-9)12-5-4-11(15-2)7-10(12)8-14/h3-8H,1-2H3. The van der Waals surface area contributed by atoms with Crippen molar-refractivity contribution in [2.24, 2.45) is 0 Å². The van der Waals surface area contributed by atoms with Crippen molar-refractivity contribution in [1.82, 2.24) is 0 Å². The molecular formula is C13H12O2S. The van der Waals surface area contributed by atoms with Crippen LogP contribution in [0.15, 0.2) is 30.3 Å². The van der Waals surface area contributed by atoms with Gasteiger partial charge in [-0.3, -0.25) is 4.79 Å². The lowest BCUT2D eigenvalue weighted by atomic mass is 10.1. The van der Waals surface area contributed by atoms with Crippen LogP contribution in [0.25, 0.3) is 10.4 Å². The van der Waals surface area contributed by atoms with E-state index in [1.165, 1.54) is 4.88 Å². The second kappa shape index (κ2) is 4.49. The number of carbonyl (C=O) groups is 1. The summed E-state index contributed by atoms with van der Waals surface area (Å²) in [6.07, 6.45) is 0.868. The third kappa shape index (κ3) is 1.99. The second-order valence-corrected chi connectivity index (χ2v) is 4.77. The molecule has 0 saturated heterocycles. The fourth-order valence-electron chi connectivity index (χ4n) is 1.57. The fourth-order valence-corrected chi connectivity index (χ4v) is 2.48. The van der Waals surface area contributed by atoms with E-state index < -0.39 is 0 Å². The number of hydrogen-bond acceptors (Lipinski definition) is 3. The third-order valence-corrected chi connectivity index (χ3v) is 3.43. The van der Waals surface area contributed by atoms with E-state index in [4.69, 9.17) is 4.74 Å². The molecule has 1 aromatic heterocycles. The zero-order valence-electron chi connectivity index (χ0n) is 9.19. The summed E-state index contributed by atoms with van der Waals surface area (Å²) in [5.74, 6) is 0.708. The normalized spacial score (nSPS) is 10.1. The maximum absolute atomic E-state index is 11.0. The molecule has 2 nitrogen and oxygen atoms in total. The first-order valence-electron chi connectivity index (χ1n) is 4.94. The Bertz CT molecular complexity index is 514. The third-order valence-electron chi connectivity index (χ3n) is 2.39. The number of methoxy groups -OCH3 is 1. The van der Waals surface area contributed by atoms with Gasteiger partial charge in [0.05, 0.1) is 7.11 Å². The molecule has 0 bridgehead atoms. The lowest BCUT2D eigenvalue weighted by Crippen LogP contribution is -1.89. The predicted molar refractivity (Wildman–Crippen MR) is 66.4 cm³/mol. The van der Waals surface area contributed by atoms with Crippen molar-refractivity contribution < 1.29 is 9.53 Å². The maximum atomic E-state index is 11.0. The maximum Gasteiger partial charge on any atom is 0.150 e. The highest BCUT2D eigenvalue weighted by molar-refractivity contribution is 7.15. The molecule has 82 valence electrons. The molecule has 0 aliphatic rings. The average Bonchev–Trinajstić information content (AvgIpc) is 2.74. The molecule has 0 amide bonds. The molecule has 1 heterocycles. The van der Waals surface area contributed by atoms with E-state index in [9.17, 15) is 4.79 Å². The first-order valence-corrected chi connectivity index (χ1v) is 5.76. The number of aldehydes is 1. The summed E-state index contributed by atoms with van der Waals surface area (Å²) in [7, 11) is 1.60. The van der Waals surface area contributed by atoms with Gasteiger partial charge in [-0.05, 0) is 37.3 Å². The van der Waals surface area contributed by atoms with Gasteiger partial charge in [0.25, 0.3) is 0 Å². The van der Waals surface area contributed by atoms with Crippen molar-refractivity contribution >= 4 is 17.6 Å². The zero-order chi connectivity index (χ0) is 11.5. The highest BCUT2D eigenvalue weighted by Crippen LogP contribution is 2.31. The van der Waals surface area contributed by atoms with E-state index >= 15 is 0 Å². The average molecular weight is 232 g/mol. The molecule has 1 aromatic carbocycles. The van der Waals surface area contributed by atoms with Crippen molar-refractivity contribution in [3.8, 4) is 16.2 Å². The number of ether oxygens (including phenoxy) is 1. The van der Waals surface area contributed by atoms with E-state index in [0.717, 1.165) is 16.7 Å². The summed E-state index contributed by atoms with van der Waals surface area (Å²) in [5.41, 5.74) is 1.63. The zero-order valence-corrected chi connectivity index (χ0v) is 10.0. The Hall–Kier alpha value is -1.61. The molecule has 0 aliphatic carbocycles. The molecule has 0 N–H and O–H groups in total. The first-order chi connectivity index (χ1) is 7.74. The van der Waals surface area contributed by atoms with Gasteiger partial charge in [-0.1, -0.05) is 0 Å². The van der Waals surface area contributed by atoms with Gasteiger partial charge in [0.15, 0.2) is 6.29 Å². The molecule has 2 aromatic rings. The van der Waals surface area contributed by atoms with E-state index in [0.29, 0.717) is 11.3 Å². The number of thiophene rings is 1. The van der Waals surface area contributed by atoms with Crippen LogP contribution >= 0.6 is 11.3 Å². The van der Waals surface area contributed by atoms with Crippen LogP contribution < -0.4 is 4.74 Å². The van der Waals surface area contributed by atoms with Crippen molar-refractivity contribution in [3.63, 3.8) is 0 Å². The Labute approximate surface area is 98.5 Å². The minimum absolute atomic E-state index is 0.668. The van der Waals surface area contributed by atoms with Crippen LogP contribution in [0.3, 0.4) is 0 Å². The molecule has 0 saturated carbocycles. The van der Waals surface area contributed by atoms with E-state index in [1.54, 1.807) is 24.5 Å². The predicted octanol–water partition coefficient (Wildman–Crippen LogP) is 3.54. The molecule has 0 fully saturated rings. The Morgan fingerprint density at radius 2 is 2.06 bits per heavy atom. The van der Waals surface area contributed by atoms with Crippen LogP contribution in [0.1, 0.15) is 15.2 Å². The summed E-state index contributed by atoms with van der Waals surface area (Å²) < 4.78 is 5.10. The van der Waals surface area contributed by atoms with Crippen LogP contribution in [0.2, 0.25) is 0 Å². The Kier molecular flexibility index (Phi) is 3.06. The molecule has 0 spiro atoms. The number of carbonyl (C=O) groups excluding carboxylic acids is 1. The molecule has 3 heteroatoms. The number of aryl methyl sites for hydroxylation is 1. The molecule has 0 radical (unpaired) electrons. The molecule has 0 atom stereocenters. The molecule has 0 aliphatic heterocycles. The van der Waals surface area contributed by atoms with Crippen molar-refractivity contribution in [1.29, 1.82) is 0 Å². The van der Waals surface area contributed by atoms with Gasteiger partial charge in [0, 0.05) is 20.9 Å². The number of benzene rings is 1. The van der Waals surface area contributed by atoms with E-state index in [-0.39, 0.29) is 0 Å². The summed E-state index contributed by atoms with van der Waals surface area (Å²) in [5, 5.41) is 0. The molecule has 0 unspecified atom stereocenters. The van der Waals surface area contributed by atoms with Crippen LogP contribution in [-0.2, 0) is 0 Å². The molecule has 16 heavy (non-hydrogen) atoms. The quantitative estimate of drug-likeness (QED) is 0.756. The Morgan fingerprint density at radius 3 is 2.62 bits per heavy atom. The van der Waals surface area contributed by atoms with Crippen LogP contribution in [0.4, 0.5) is 0 Å². The highest BCUT2D eigenvalue weighted by Gasteiger charge is 2.07. The fraction of sp³-hybridized carbons (Fsp3) is 0.154. The van der Waals surface area contributed by atoms with Gasteiger partial charge >= 0.3 is 0 Å². The lowest BCUT2D eigenvalue weighted by molar-refractivity contribution is 0.112. The monoisotopic (exact) mass is 232 g/mol. The minimum atomic E-state index is 0.668. The highest BCUT2D eigenvalue weighted by atomic mass is 32.1. The summed E-state index contributed by atoms with van der Waals surface area (Å²) in [6.45, 7) is 2.05. The van der Waals surface area contributed by atoms with Crippen molar-refractivity contribution in [2.75, 3.05) is 7.11 Å². The molecule has 2 rings (SSSR count). The van der Waals surface area contributed by atoms with Gasteiger partial charge < -0.3 is 4.74 Å². The second-order valence-electron chi connectivity index (χ2n) is 3.48.